The van der Waals surface area contributed by atoms with E-state index in [1.54, 1.807) is 38.4 Å². The average Bonchev–Trinajstić information content (AvgIpc) is 3.17. The van der Waals surface area contributed by atoms with E-state index in [4.69, 9.17) is 4.74 Å². The second kappa shape index (κ2) is 15.3. The topological polar surface area (TPSA) is 141 Å². The van der Waals surface area contributed by atoms with Crippen LogP contribution in [0.4, 0.5) is 4.79 Å². The van der Waals surface area contributed by atoms with Crippen molar-refractivity contribution in [3.8, 4) is 5.75 Å². The van der Waals surface area contributed by atoms with Crippen LogP contribution in [-0.4, -0.2) is 80.3 Å². The highest BCUT2D eigenvalue weighted by Gasteiger charge is 2.32. The number of unbranched alkanes of at least 4 members (excludes halogenated alkanes) is 6. The molecule has 1 atom stereocenters. The summed E-state index contributed by atoms with van der Waals surface area (Å²) in [4.78, 5) is 27.0. The van der Waals surface area contributed by atoms with E-state index in [9.17, 15) is 23.1 Å². The highest BCUT2D eigenvalue weighted by Crippen LogP contribution is 2.17. The molecular formula is C26H41N5O6S. The number of ether oxygens (including phenoxy) is 1. The minimum Gasteiger partial charge on any atom is -0.480 e. The molecule has 0 bridgehead atoms. The maximum atomic E-state index is 12.4. The first-order valence-electron chi connectivity index (χ1n) is 13.2. The summed E-state index contributed by atoms with van der Waals surface area (Å²) >= 11 is 0. The molecule has 2 N–H and O–H groups in total. The number of rotatable bonds is 15. The first-order chi connectivity index (χ1) is 18.1. The summed E-state index contributed by atoms with van der Waals surface area (Å²) < 4.78 is 37.5. The highest BCUT2D eigenvalue weighted by atomic mass is 32.2. The van der Waals surface area contributed by atoms with Crippen LogP contribution in [0, 0.1) is 0 Å². The Hall–Kier alpha value is -3.15. The Labute approximate surface area is 226 Å². The van der Waals surface area contributed by atoms with Crippen molar-refractivity contribution in [2.75, 3.05) is 27.2 Å². The van der Waals surface area contributed by atoms with E-state index >= 15 is 0 Å². The number of benzene rings is 1. The lowest BCUT2D eigenvalue weighted by atomic mass is 10.1. The average molecular weight is 552 g/mol. The molecule has 0 fully saturated rings. The molecule has 12 heteroatoms. The van der Waals surface area contributed by atoms with Crippen molar-refractivity contribution in [1.29, 1.82) is 0 Å². The quantitative estimate of drug-likeness (QED) is 0.313. The number of nitrogens with one attached hydrogen (secondary N) is 1. The molecule has 1 aromatic rings. The molecule has 1 heterocycles. The number of carboxylic acids is 1. The van der Waals surface area contributed by atoms with Crippen LogP contribution in [0.3, 0.4) is 0 Å². The molecule has 0 spiro atoms. The summed E-state index contributed by atoms with van der Waals surface area (Å²) in [6, 6.07) is 5.32. The Morgan fingerprint density at radius 3 is 2.03 bits per heavy atom. The fourth-order valence-electron chi connectivity index (χ4n) is 3.90. The molecule has 0 unspecified atom stereocenters. The first-order valence-corrected chi connectivity index (χ1v) is 14.6. The molecule has 1 aliphatic heterocycles. The normalized spacial score (nSPS) is 14.8. The maximum Gasteiger partial charge on any atom is 0.414 e. The van der Waals surface area contributed by atoms with Crippen molar-refractivity contribution in [3.63, 3.8) is 0 Å². The van der Waals surface area contributed by atoms with Gasteiger partial charge in [-0.3, -0.25) is 0 Å². The van der Waals surface area contributed by atoms with Crippen LogP contribution >= 0.6 is 0 Å². The molecule has 1 aliphatic rings. The van der Waals surface area contributed by atoms with Gasteiger partial charge in [0.2, 0.25) is 0 Å². The van der Waals surface area contributed by atoms with Crippen molar-refractivity contribution in [2.45, 2.75) is 77.7 Å². The number of carboxylic acid groups (broad SMARTS) is 1. The summed E-state index contributed by atoms with van der Waals surface area (Å²) in [6.07, 6.45) is 7.64. The number of hydrogen-bond acceptors (Lipinski definition) is 7. The van der Waals surface area contributed by atoms with E-state index in [0.29, 0.717) is 24.4 Å². The standard InChI is InChI=1S/C26H41N5O6S/c1-5-7-9-11-17-31(18-12-10-8-6-2)24-23(28-38(35,36)29-24)27-22(25(32)33)19-20-13-15-21(16-14-20)37-26(34)30(3)4/h13-16,22H,5-12,17-19H2,1-4H3,(H,27,28)(H,32,33)/t22-/m0/s1. The lowest BCUT2D eigenvalue weighted by Crippen LogP contribution is -2.49. The molecule has 0 aromatic heterocycles. The maximum absolute atomic E-state index is 12.4. The Kier molecular flexibility index (Phi) is 12.5. The molecule has 0 saturated carbocycles. The van der Waals surface area contributed by atoms with Crippen LogP contribution in [0.2, 0.25) is 0 Å². The van der Waals surface area contributed by atoms with E-state index in [0.717, 1.165) is 51.4 Å². The second-order valence-corrected chi connectivity index (χ2v) is 10.8. The molecule has 1 amide bonds. The smallest absolute Gasteiger partial charge is 0.414 e. The van der Waals surface area contributed by atoms with Crippen LogP contribution < -0.4 is 10.1 Å². The van der Waals surface area contributed by atoms with Gasteiger partial charge in [-0.2, -0.15) is 8.42 Å². The largest absolute Gasteiger partial charge is 0.480 e. The molecule has 0 radical (unpaired) electrons. The fourth-order valence-corrected chi connectivity index (χ4v) is 4.72. The van der Waals surface area contributed by atoms with Crippen LogP contribution in [0.1, 0.15) is 70.8 Å². The van der Waals surface area contributed by atoms with Gasteiger partial charge in [-0.25, -0.2) is 9.59 Å². The van der Waals surface area contributed by atoms with Crippen molar-refractivity contribution >= 4 is 33.9 Å². The molecule has 0 aliphatic carbocycles. The van der Waals surface area contributed by atoms with Crippen LogP contribution in [0.25, 0.3) is 0 Å². The number of carbonyl (C=O) groups is 2. The zero-order chi connectivity index (χ0) is 28.1. The molecule has 1 aromatic carbocycles. The summed E-state index contributed by atoms with van der Waals surface area (Å²) in [5.41, 5.74) is 0.658. The van der Waals surface area contributed by atoms with Gasteiger partial charge in [0.15, 0.2) is 11.7 Å². The second-order valence-electron chi connectivity index (χ2n) is 9.56. The summed E-state index contributed by atoms with van der Waals surface area (Å²) in [7, 11) is -0.962. The molecular weight excluding hydrogens is 510 g/mol. The van der Waals surface area contributed by atoms with Crippen LogP contribution in [0.15, 0.2) is 33.1 Å². The number of hydrogen-bond donors (Lipinski definition) is 2. The number of aliphatic carboxylic acids is 1. The Morgan fingerprint density at radius 1 is 0.947 bits per heavy atom. The molecule has 212 valence electrons. The van der Waals surface area contributed by atoms with Crippen molar-refractivity contribution in [1.82, 2.24) is 15.1 Å². The lowest BCUT2D eigenvalue weighted by molar-refractivity contribution is -0.139. The lowest BCUT2D eigenvalue weighted by Gasteiger charge is -2.26. The van der Waals surface area contributed by atoms with E-state index in [1.165, 1.54) is 4.90 Å². The molecule has 11 nitrogen and oxygen atoms in total. The van der Waals surface area contributed by atoms with Gasteiger partial charge in [-0.1, -0.05) is 64.5 Å². The van der Waals surface area contributed by atoms with E-state index in [-0.39, 0.29) is 18.1 Å². The van der Waals surface area contributed by atoms with E-state index in [1.807, 2.05) is 4.90 Å². The van der Waals surface area contributed by atoms with Gasteiger partial charge in [-0.15, -0.1) is 8.80 Å². The minimum atomic E-state index is -4.10. The number of nitrogens with zero attached hydrogens (tertiary/aromatic N) is 4. The van der Waals surface area contributed by atoms with Crippen molar-refractivity contribution in [2.24, 2.45) is 8.80 Å². The van der Waals surface area contributed by atoms with Crippen LogP contribution in [0.5, 0.6) is 5.75 Å². The van der Waals surface area contributed by atoms with Crippen molar-refractivity contribution < 1.29 is 27.9 Å². The van der Waals surface area contributed by atoms with Gasteiger partial charge >= 0.3 is 22.3 Å². The van der Waals surface area contributed by atoms with Gasteiger partial charge in [0.25, 0.3) is 0 Å². The Bertz CT molecular complexity index is 1070. The highest BCUT2D eigenvalue weighted by molar-refractivity contribution is 7.89. The van der Waals surface area contributed by atoms with E-state index in [2.05, 4.69) is 28.0 Å². The third-order valence-electron chi connectivity index (χ3n) is 6.03. The zero-order valence-electron chi connectivity index (χ0n) is 22.9. The fraction of sp³-hybridized carbons (Fsp3) is 0.615. The summed E-state index contributed by atoms with van der Waals surface area (Å²) in [5.74, 6) is -0.693. The predicted octanol–water partition coefficient (Wildman–Crippen LogP) is 3.85. The monoisotopic (exact) mass is 551 g/mol. The van der Waals surface area contributed by atoms with Crippen molar-refractivity contribution in [3.05, 3.63) is 29.8 Å². The molecule has 2 rings (SSSR count). The summed E-state index contributed by atoms with van der Waals surface area (Å²) in [5, 5.41) is 12.7. The Morgan fingerprint density at radius 2 is 1.53 bits per heavy atom. The van der Waals surface area contributed by atoms with Gasteiger partial charge in [0.1, 0.15) is 11.8 Å². The summed E-state index contributed by atoms with van der Waals surface area (Å²) in [6.45, 7) is 5.49. The first kappa shape index (κ1) is 31.1. The molecule has 0 saturated heterocycles. The van der Waals surface area contributed by atoms with Crippen LogP contribution in [-0.2, 0) is 21.4 Å². The van der Waals surface area contributed by atoms with Gasteiger partial charge in [0, 0.05) is 33.6 Å². The minimum absolute atomic E-state index is 0.0417. The third-order valence-corrected chi connectivity index (χ3v) is 6.84. The predicted molar refractivity (Wildman–Crippen MR) is 148 cm³/mol. The zero-order valence-corrected chi connectivity index (χ0v) is 23.7. The number of amides is 1. The number of amidine groups is 2. The molecule has 38 heavy (non-hydrogen) atoms. The van der Waals surface area contributed by atoms with Gasteiger partial charge in [0.05, 0.1) is 0 Å². The third kappa shape index (κ3) is 10.3. The Balaban J connectivity index is 2.17. The van der Waals surface area contributed by atoms with E-state index < -0.39 is 28.3 Å². The SMILES string of the molecule is CCCCCCN(CCCCCC)C1=NS(=O)(=O)N=C1N[C@@H](Cc1ccc(OC(=O)N(C)C)cc1)C(=O)O. The van der Waals surface area contributed by atoms with Gasteiger partial charge < -0.3 is 25.0 Å². The number of carbonyl (C=O) groups excluding carboxylic acids is 1. The van der Waals surface area contributed by atoms with Gasteiger partial charge in [-0.05, 0) is 30.5 Å².